The van der Waals surface area contributed by atoms with Gasteiger partial charge in [0.05, 0.1) is 5.69 Å². The highest BCUT2D eigenvalue weighted by atomic mass is 32.1. The van der Waals surface area contributed by atoms with Crippen LogP contribution in [-0.2, 0) is 6.54 Å². The number of aromatic nitrogens is 4. The molecule has 2 heterocycles. The number of hydrogen-bond donors (Lipinski definition) is 1. The van der Waals surface area contributed by atoms with Crippen LogP contribution in [0.2, 0.25) is 0 Å². The average Bonchev–Trinajstić information content (AvgIpc) is 2.72. The van der Waals surface area contributed by atoms with Crippen LogP contribution in [0, 0.1) is 17.6 Å². The molecule has 2 aromatic heterocycles. The molecule has 0 aliphatic heterocycles. The summed E-state index contributed by atoms with van der Waals surface area (Å²) in [4.78, 5) is 3.29. The van der Waals surface area contributed by atoms with Crippen molar-refractivity contribution in [1.82, 2.24) is 19.3 Å². The highest BCUT2D eigenvalue weighted by Gasteiger charge is 2.37. The molecule has 16 heavy (non-hydrogen) atoms. The van der Waals surface area contributed by atoms with Crippen LogP contribution in [0.3, 0.4) is 0 Å². The number of imidazole rings is 1. The van der Waals surface area contributed by atoms with E-state index in [4.69, 9.17) is 12.2 Å². The number of nitrogens with one attached hydrogen (secondary N) is 1. The molecule has 0 radical (unpaired) electrons. The van der Waals surface area contributed by atoms with Crippen molar-refractivity contribution in [3.05, 3.63) is 10.5 Å². The zero-order valence-corrected chi connectivity index (χ0v) is 10.6. The predicted octanol–water partition coefficient (Wildman–Crippen LogP) is 2.80. The van der Waals surface area contributed by atoms with Gasteiger partial charge in [-0.05, 0) is 38.4 Å². The molecule has 2 unspecified atom stereocenters. The summed E-state index contributed by atoms with van der Waals surface area (Å²) < 4.78 is 5.13. The van der Waals surface area contributed by atoms with Crippen molar-refractivity contribution in [3.8, 4) is 0 Å². The number of rotatable bonds is 2. The maximum absolute atomic E-state index is 5.41. The van der Waals surface area contributed by atoms with Crippen molar-refractivity contribution in [2.45, 2.75) is 39.8 Å². The first-order valence-corrected chi connectivity index (χ1v) is 6.22. The Morgan fingerprint density at radius 3 is 2.81 bits per heavy atom. The molecule has 2 aromatic rings. The molecule has 0 aromatic carbocycles. The van der Waals surface area contributed by atoms with Crippen molar-refractivity contribution < 1.29 is 0 Å². The molecule has 0 saturated heterocycles. The predicted molar refractivity (Wildman–Crippen MR) is 66.1 cm³/mol. The van der Waals surface area contributed by atoms with E-state index in [2.05, 4.69) is 28.5 Å². The van der Waals surface area contributed by atoms with Crippen molar-refractivity contribution in [2.75, 3.05) is 0 Å². The molecule has 4 nitrogen and oxygen atoms in total. The third kappa shape index (κ3) is 1.21. The third-order valence-corrected chi connectivity index (χ3v) is 3.78. The first kappa shape index (κ1) is 10.1. The number of H-pyrrole nitrogens is 1. The average molecular weight is 236 g/mol. The van der Waals surface area contributed by atoms with Gasteiger partial charge < -0.3 is 4.98 Å². The normalized spacial score (nSPS) is 24.2. The Kier molecular flexibility index (Phi) is 2.01. The van der Waals surface area contributed by atoms with Gasteiger partial charge in [-0.15, -0.1) is 0 Å². The Balaban J connectivity index is 2.33. The van der Waals surface area contributed by atoms with Gasteiger partial charge in [-0.1, -0.05) is 6.92 Å². The minimum atomic E-state index is 0.572. The summed E-state index contributed by atoms with van der Waals surface area (Å²) >= 11 is 5.41. The van der Waals surface area contributed by atoms with E-state index in [1.54, 1.807) is 0 Å². The van der Waals surface area contributed by atoms with E-state index < -0.39 is 0 Å². The van der Waals surface area contributed by atoms with Crippen molar-refractivity contribution in [3.63, 3.8) is 0 Å². The summed E-state index contributed by atoms with van der Waals surface area (Å²) in [7, 11) is 0. The Labute approximate surface area is 99.3 Å². The van der Waals surface area contributed by atoms with E-state index in [1.807, 2.05) is 11.6 Å². The van der Waals surface area contributed by atoms with E-state index in [-0.39, 0.29) is 0 Å². The lowest BCUT2D eigenvalue weighted by Crippen LogP contribution is -2.04. The Hall–Kier alpha value is -1.10. The molecule has 2 atom stereocenters. The van der Waals surface area contributed by atoms with Gasteiger partial charge in [-0.2, -0.15) is 5.10 Å². The van der Waals surface area contributed by atoms with Gasteiger partial charge in [0.2, 0.25) is 0 Å². The van der Waals surface area contributed by atoms with Crippen LogP contribution in [0.1, 0.15) is 32.0 Å². The summed E-state index contributed by atoms with van der Waals surface area (Å²) in [5, 5.41) is 4.52. The van der Waals surface area contributed by atoms with Gasteiger partial charge in [-0.3, -0.25) is 4.57 Å². The molecule has 1 saturated carbocycles. The second kappa shape index (κ2) is 3.20. The molecule has 5 heteroatoms. The maximum Gasteiger partial charge on any atom is 0.179 e. The highest BCUT2D eigenvalue weighted by Crippen LogP contribution is 2.44. The molecule has 0 amide bonds. The Morgan fingerprint density at radius 2 is 2.25 bits per heavy atom. The monoisotopic (exact) mass is 236 g/mol. The lowest BCUT2D eigenvalue weighted by Gasteiger charge is -2.04. The topological polar surface area (TPSA) is 38.5 Å². The molecule has 86 valence electrons. The van der Waals surface area contributed by atoms with E-state index >= 15 is 0 Å². The summed E-state index contributed by atoms with van der Waals surface area (Å²) in [6.07, 6.45) is 1.23. The number of hydrogen-bond acceptors (Lipinski definition) is 2. The summed E-state index contributed by atoms with van der Waals surface area (Å²) in [6, 6.07) is 0.572. The zero-order chi connectivity index (χ0) is 11.4. The van der Waals surface area contributed by atoms with Crippen LogP contribution in [0.25, 0.3) is 11.2 Å². The lowest BCUT2D eigenvalue weighted by atomic mass is 10.4. The molecule has 0 spiro atoms. The van der Waals surface area contributed by atoms with Crippen molar-refractivity contribution in [1.29, 1.82) is 0 Å². The second-order valence-electron chi connectivity index (χ2n) is 4.68. The fourth-order valence-corrected chi connectivity index (χ4v) is 2.74. The largest absolute Gasteiger partial charge is 0.328 e. The molecular formula is C11H16N4S. The molecule has 1 fully saturated rings. The van der Waals surface area contributed by atoms with E-state index in [9.17, 15) is 0 Å². The van der Waals surface area contributed by atoms with E-state index in [0.717, 1.165) is 28.4 Å². The van der Waals surface area contributed by atoms with Gasteiger partial charge >= 0.3 is 0 Å². The Bertz CT molecular complexity index is 603. The molecule has 0 bridgehead atoms. The maximum atomic E-state index is 5.41. The van der Waals surface area contributed by atoms with Crippen LogP contribution < -0.4 is 0 Å². The van der Waals surface area contributed by atoms with Crippen LogP contribution in [-0.4, -0.2) is 19.3 Å². The fourth-order valence-electron chi connectivity index (χ4n) is 2.41. The number of nitrogens with zero attached hydrogens (tertiary/aromatic N) is 3. The first-order chi connectivity index (χ1) is 7.63. The first-order valence-electron chi connectivity index (χ1n) is 5.81. The smallest absolute Gasteiger partial charge is 0.179 e. The van der Waals surface area contributed by atoms with E-state index in [1.165, 1.54) is 12.1 Å². The van der Waals surface area contributed by atoms with Gasteiger partial charge in [0.15, 0.2) is 10.4 Å². The molecule has 1 aliphatic rings. The highest BCUT2D eigenvalue weighted by molar-refractivity contribution is 7.71. The van der Waals surface area contributed by atoms with Crippen molar-refractivity contribution >= 4 is 23.4 Å². The van der Waals surface area contributed by atoms with Gasteiger partial charge in [0.25, 0.3) is 0 Å². The van der Waals surface area contributed by atoms with Crippen LogP contribution in [0.15, 0.2) is 0 Å². The van der Waals surface area contributed by atoms with Crippen LogP contribution >= 0.6 is 12.2 Å². The quantitative estimate of drug-likeness (QED) is 0.814. The van der Waals surface area contributed by atoms with Gasteiger partial charge in [-0.25, -0.2) is 4.68 Å². The molecule has 3 rings (SSSR count). The molecule has 1 aliphatic carbocycles. The third-order valence-electron chi connectivity index (χ3n) is 3.48. The van der Waals surface area contributed by atoms with Gasteiger partial charge in [0.1, 0.15) is 5.52 Å². The fraction of sp³-hybridized carbons (Fsp3) is 0.636. The van der Waals surface area contributed by atoms with E-state index in [0.29, 0.717) is 6.04 Å². The van der Waals surface area contributed by atoms with Gasteiger partial charge in [0, 0.05) is 12.6 Å². The Morgan fingerprint density at radius 1 is 1.56 bits per heavy atom. The van der Waals surface area contributed by atoms with Crippen molar-refractivity contribution in [2.24, 2.45) is 5.92 Å². The van der Waals surface area contributed by atoms with Crippen LogP contribution in [0.5, 0.6) is 0 Å². The molecular weight excluding hydrogens is 220 g/mol. The standard InChI is InChI=1S/C11H16N4S/c1-4-14-10-9(7(3)13-14)12-11(16)15(10)8-5-6(8)2/h6,8H,4-5H2,1-3H3,(H,12,16). The summed E-state index contributed by atoms with van der Waals surface area (Å²) in [5.74, 6) is 0.742. The SMILES string of the molecule is CCn1nc(C)c2[nH]c(=S)n(C3CC3C)c21. The summed E-state index contributed by atoms with van der Waals surface area (Å²) in [5.41, 5.74) is 3.31. The number of fused-ring (bicyclic) bond motifs is 1. The minimum Gasteiger partial charge on any atom is -0.328 e. The number of aromatic amines is 1. The lowest BCUT2D eigenvalue weighted by molar-refractivity contribution is 0.618. The zero-order valence-electron chi connectivity index (χ0n) is 9.82. The minimum absolute atomic E-state index is 0.572. The molecule has 1 N–H and O–H groups in total. The second-order valence-corrected chi connectivity index (χ2v) is 5.07. The van der Waals surface area contributed by atoms with Crippen LogP contribution in [0.4, 0.5) is 0 Å². The summed E-state index contributed by atoms with van der Waals surface area (Å²) in [6.45, 7) is 7.30. The number of aryl methyl sites for hydroxylation is 2.